The SMILES string of the molecule is COCC1CC2(CCN(Cc3cccs3)CC2)CN1c1ncccn1. The van der Waals surface area contributed by atoms with Gasteiger partial charge in [0.15, 0.2) is 0 Å². The quantitative estimate of drug-likeness (QED) is 0.822. The molecule has 0 N–H and O–H groups in total. The van der Waals surface area contributed by atoms with E-state index in [2.05, 4.69) is 37.3 Å². The summed E-state index contributed by atoms with van der Waals surface area (Å²) in [6.07, 6.45) is 7.36. The molecule has 2 aromatic heterocycles. The van der Waals surface area contributed by atoms with Crippen molar-refractivity contribution in [3.05, 3.63) is 40.8 Å². The second-order valence-corrected chi connectivity index (χ2v) is 8.38. The molecule has 2 aliphatic rings. The Morgan fingerprint density at radius 2 is 2.04 bits per heavy atom. The third-order valence-corrected chi connectivity index (χ3v) is 6.52. The number of rotatable bonds is 5. The van der Waals surface area contributed by atoms with Gasteiger partial charge in [-0.3, -0.25) is 4.90 Å². The molecular weight excluding hydrogens is 332 g/mol. The molecule has 2 aliphatic heterocycles. The van der Waals surface area contributed by atoms with Gasteiger partial charge < -0.3 is 9.64 Å². The largest absolute Gasteiger partial charge is 0.383 e. The topological polar surface area (TPSA) is 41.5 Å². The van der Waals surface area contributed by atoms with Crippen LogP contribution in [0.1, 0.15) is 24.1 Å². The molecule has 1 unspecified atom stereocenters. The standard InChI is InChI=1S/C19H26N4OS/c1-24-14-16-12-19(15-23(16)18-20-7-3-8-21-18)5-9-22(10-6-19)13-17-4-2-11-25-17/h2-4,7-8,11,16H,5-6,9-10,12-15H2,1H3. The van der Waals surface area contributed by atoms with E-state index in [-0.39, 0.29) is 0 Å². The molecule has 0 amide bonds. The third kappa shape index (κ3) is 3.71. The number of hydrogen-bond acceptors (Lipinski definition) is 6. The maximum Gasteiger partial charge on any atom is 0.225 e. The van der Waals surface area contributed by atoms with E-state index < -0.39 is 0 Å². The monoisotopic (exact) mass is 358 g/mol. The second kappa shape index (κ2) is 7.40. The van der Waals surface area contributed by atoms with Crippen LogP contribution in [0.4, 0.5) is 5.95 Å². The van der Waals surface area contributed by atoms with Crippen molar-refractivity contribution in [3.8, 4) is 0 Å². The highest BCUT2D eigenvalue weighted by Gasteiger charge is 2.46. The minimum absolute atomic E-state index is 0.383. The Bertz CT molecular complexity index is 655. The van der Waals surface area contributed by atoms with E-state index in [0.29, 0.717) is 11.5 Å². The van der Waals surface area contributed by atoms with E-state index >= 15 is 0 Å². The predicted octanol–water partition coefficient (Wildman–Crippen LogP) is 3.05. The van der Waals surface area contributed by atoms with Crippen LogP contribution in [0.25, 0.3) is 0 Å². The number of hydrogen-bond donors (Lipinski definition) is 0. The summed E-state index contributed by atoms with van der Waals surface area (Å²) in [6.45, 7) is 5.26. The summed E-state index contributed by atoms with van der Waals surface area (Å²) in [5, 5.41) is 2.17. The lowest BCUT2D eigenvalue weighted by Crippen LogP contribution is -2.41. The van der Waals surface area contributed by atoms with Gasteiger partial charge in [-0.1, -0.05) is 6.07 Å². The van der Waals surface area contributed by atoms with Crippen LogP contribution in [-0.2, 0) is 11.3 Å². The minimum Gasteiger partial charge on any atom is -0.383 e. The molecule has 0 bridgehead atoms. The number of likely N-dealkylation sites (tertiary alicyclic amines) is 1. The fourth-order valence-corrected chi connectivity index (χ4v) is 5.10. The molecule has 0 aromatic carbocycles. The fraction of sp³-hybridized carbons (Fsp3) is 0.579. The Morgan fingerprint density at radius 3 is 2.72 bits per heavy atom. The lowest BCUT2D eigenvalue weighted by atomic mass is 9.76. The number of piperidine rings is 1. The Kier molecular flexibility index (Phi) is 5.01. The summed E-state index contributed by atoms with van der Waals surface area (Å²) in [6, 6.07) is 6.66. The van der Waals surface area contributed by atoms with Crippen molar-refractivity contribution in [1.82, 2.24) is 14.9 Å². The van der Waals surface area contributed by atoms with Crippen molar-refractivity contribution in [3.63, 3.8) is 0 Å². The minimum atomic E-state index is 0.383. The van der Waals surface area contributed by atoms with Gasteiger partial charge in [-0.2, -0.15) is 0 Å². The smallest absolute Gasteiger partial charge is 0.225 e. The maximum atomic E-state index is 5.50. The molecule has 0 saturated carbocycles. The Labute approximate surface area is 153 Å². The first-order chi connectivity index (χ1) is 12.3. The van der Waals surface area contributed by atoms with E-state index in [1.165, 1.54) is 37.2 Å². The average Bonchev–Trinajstić information content (AvgIpc) is 3.27. The van der Waals surface area contributed by atoms with Gasteiger partial charge in [0.25, 0.3) is 0 Å². The van der Waals surface area contributed by atoms with Crippen LogP contribution >= 0.6 is 11.3 Å². The molecule has 134 valence electrons. The van der Waals surface area contributed by atoms with E-state index in [1.807, 2.05) is 29.8 Å². The van der Waals surface area contributed by atoms with Crippen LogP contribution in [0.2, 0.25) is 0 Å². The van der Waals surface area contributed by atoms with Crippen LogP contribution in [-0.4, -0.2) is 54.3 Å². The third-order valence-electron chi connectivity index (χ3n) is 5.66. The molecule has 4 rings (SSSR count). The zero-order chi connectivity index (χ0) is 17.1. The highest BCUT2D eigenvalue weighted by molar-refractivity contribution is 7.09. The zero-order valence-electron chi connectivity index (χ0n) is 14.8. The lowest BCUT2D eigenvalue weighted by Gasteiger charge is -2.39. The number of thiophene rings is 1. The summed E-state index contributed by atoms with van der Waals surface area (Å²) in [5.74, 6) is 0.849. The predicted molar refractivity (Wildman–Crippen MR) is 101 cm³/mol. The van der Waals surface area contributed by atoms with Crippen molar-refractivity contribution in [2.75, 3.05) is 38.3 Å². The van der Waals surface area contributed by atoms with E-state index in [0.717, 1.165) is 25.6 Å². The average molecular weight is 359 g/mol. The number of anilines is 1. The summed E-state index contributed by atoms with van der Waals surface area (Å²) in [5.41, 5.74) is 0.383. The zero-order valence-corrected chi connectivity index (χ0v) is 15.6. The molecule has 1 atom stereocenters. The normalized spacial score (nSPS) is 23.4. The van der Waals surface area contributed by atoms with Gasteiger partial charge in [-0.25, -0.2) is 9.97 Å². The Hall–Kier alpha value is -1.50. The molecular formula is C19H26N4OS. The summed E-state index contributed by atoms with van der Waals surface area (Å²) in [7, 11) is 1.79. The van der Waals surface area contributed by atoms with Crippen molar-refractivity contribution in [2.45, 2.75) is 31.8 Å². The number of nitrogens with zero attached hydrogens (tertiary/aromatic N) is 4. The van der Waals surface area contributed by atoms with E-state index in [9.17, 15) is 0 Å². The van der Waals surface area contributed by atoms with Crippen LogP contribution < -0.4 is 4.90 Å². The Balaban J connectivity index is 1.42. The van der Waals surface area contributed by atoms with Crippen molar-refractivity contribution >= 4 is 17.3 Å². The van der Waals surface area contributed by atoms with Gasteiger partial charge in [0, 0.05) is 37.5 Å². The van der Waals surface area contributed by atoms with Gasteiger partial charge in [-0.05, 0) is 55.3 Å². The molecule has 5 nitrogen and oxygen atoms in total. The summed E-state index contributed by atoms with van der Waals surface area (Å²) < 4.78 is 5.50. The first kappa shape index (κ1) is 16.9. The maximum absolute atomic E-state index is 5.50. The molecule has 0 aliphatic carbocycles. The molecule has 6 heteroatoms. The van der Waals surface area contributed by atoms with Crippen LogP contribution in [0.15, 0.2) is 36.0 Å². The second-order valence-electron chi connectivity index (χ2n) is 7.35. The van der Waals surface area contributed by atoms with Crippen molar-refractivity contribution in [1.29, 1.82) is 0 Å². The lowest BCUT2D eigenvalue weighted by molar-refractivity contribution is 0.106. The van der Waals surface area contributed by atoms with E-state index in [1.54, 1.807) is 7.11 Å². The Morgan fingerprint density at radius 1 is 1.24 bits per heavy atom. The van der Waals surface area contributed by atoms with Crippen molar-refractivity contribution < 1.29 is 4.74 Å². The molecule has 2 fully saturated rings. The fourth-order valence-electron chi connectivity index (χ4n) is 4.35. The highest BCUT2D eigenvalue weighted by atomic mass is 32.1. The van der Waals surface area contributed by atoms with Crippen LogP contribution in [0, 0.1) is 5.41 Å². The summed E-state index contributed by atoms with van der Waals surface area (Å²) >= 11 is 1.86. The molecule has 2 aromatic rings. The van der Waals surface area contributed by atoms with Crippen LogP contribution in [0.5, 0.6) is 0 Å². The van der Waals surface area contributed by atoms with Gasteiger partial charge in [0.05, 0.1) is 12.6 Å². The number of ether oxygens (including phenoxy) is 1. The van der Waals surface area contributed by atoms with E-state index in [4.69, 9.17) is 4.74 Å². The van der Waals surface area contributed by atoms with Gasteiger partial charge in [0.1, 0.15) is 0 Å². The van der Waals surface area contributed by atoms with Crippen molar-refractivity contribution in [2.24, 2.45) is 5.41 Å². The molecule has 1 spiro atoms. The van der Waals surface area contributed by atoms with Gasteiger partial charge in [0.2, 0.25) is 5.95 Å². The molecule has 4 heterocycles. The molecule has 25 heavy (non-hydrogen) atoms. The first-order valence-electron chi connectivity index (χ1n) is 9.05. The van der Waals surface area contributed by atoms with Gasteiger partial charge in [-0.15, -0.1) is 11.3 Å². The highest BCUT2D eigenvalue weighted by Crippen LogP contribution is 2.44. The number of aromatic nitrogens is 2. The first-order valence-corrected chi connectivity index (χ1v) is 9.93. The summed E-state index contributed by atoms with van der Waals surface area (Å²) in [4.78, 5) is 15.4. The molecule has 2 saturated heterocycles. The van der Waals surface area contributed by atoms with Crippen LogP contribution in [0.3, 0.4) is 0 Å². The van der Waals surface area contributed by atoms with Gasteiger partial charge >= 0.3 is 0 Å². The molecule has 0 radical (unpaired) electrons. The number of methoxy groups -OCH3 is 1.